The molecule has 0 aliphatic heterocycles. The first-order chi connectivity index (χ1) is 11.8. The van der Waals surface area contributed by atoms with E-state index < -0.39 is 11.9 Å². The van der Waals surface area contributed by atoms with Gasteiger partial charge in [0, 0.05) is 23.7 Å². The normalized spacial score (nSPS) is 10.0. The predicted octanol–water partition coefficient (Wildman–Crippen LogP) is 3.68. The molecule has 128 valence electrons. The Kier molecular flexibility index (Phi) is 5.44. The van der Waals surface area contributed by atoms with Crippen LogP contribution in [0.3, 0.4) is 0 Å². The lowest BCUT2D eigenvalue weighted by Crippen LogP contribution is -2.38. The number of nitrogens with zero attached hydrogens (tertiary/aromatic N) is 1. The van der Waals surface area contributed by atoms with Gasteiger partial charge in [-0.2, -0.15) is 0 Å². The summed E-state index contributed by atoms with van der Waals surface area (Å²) in [6, 6.07) is 12.0. The Morgan fingerprint density at radius 1 is 0.800 bits per heavy atom. The third kappa shape index (κ3) is 4.38. The highest BCUT2D eigenvalue weighted by molar-refractivity contribution is 6.18. The molecule has 0 spiro atoms. The van der Waals surface area contributed by atoms with Gasteiger partial charge in [0.1, 0.15) is 0 Å². The van der Waals surface area contributed by atoms with E-state index in [-0.39, 0.29) is 11.6 Å². The average Bonchev–Trinajstić information content (AvgIpc) is 2.55. The molecule has 0 heterocycles. The Hall–Kier alpha value is -3.28. The fourth-order valence-corrected chi connectivity index (χ4v) is 2.30. The number of rotatable bonds is 4. The van der Waals surface area contributed by atoms with E-state index in [1.165, 1.54) is 32.9 Å². The van der Waals surface area contributed by atoms with E-state index in [2.05, 4.69) is 5.32 Å². The van der Waals surface area contributed by atoms with Crippen LogP contribution < -0.4 is 10.2 Å². The van der Waals surface area contributed by atoms with Gasteiger partial charge in [0.25, 0.3) is 0 Å². The van der Waals surface area contributed by atoms with Crippen LogP contribution in [0.4, 0.5) is 16.2 Å². The summed E-state index contributed by atoms with van der Waals surface area (Å²) in [4.78, 5) is 48.4. The molecule has 2 rings (SSSR count). The number of amides is 3. The van der Waals surface area contributed by atoms with Gasteiger partial charge in [-0.15, -0.1) is 0 Å². The summed E-state index contributed by atoms with van der Waals surface area (Å²) in [5.41, 5.74) is 1.54. The molecule has 0 aliphatic carbocycles. The van der Waals surface area contributed by atoms with E-state index in [4.69, 9.17) is 0 Å². The lowest BCUT2D eigenvalue weighted by atomic mass is 10.1. The van der Waals surface area contributed by atoms with Crippen molar-refractivity contribution in [2.45, 2.75) is 20.8 Å². The fraction of sp³-hybridized carbons (Fsp3) is 0.158. The Labute approximate surface area is 145 Å². The average molecular weight is 338 g/mol. The van der Waals surface area contributed by atoms with Gasteiger partial charge in [-0.05, 0) is 38.1 Å². The van der Waals surface area contributed by atoms with Gasteiger partial charge in [-0.1, -0.05) is 24.3 Å². The maximum absolute atomic E-state index is 12.5. The van der Waals surface area contributed by atoms with E-state index >= 15 is 0 Å². The first-order valence-electron chi connectivity index (χ1n) is 7.63. The van der Waals surface area contributed by atoms with E-state index in [1.54, 1.807) is 36.4 Å². The summed E-state index contributed by atoms with van der Waals surface area (Å²) in [6.45, 7) is 4.09. The van der Waals surface area contributed by atoms with Gasteiger partial charge in [0.05, 0.1) is 5.69 Å². The van der Waals surface area contributed by atoms with E-state index in [0.717, 1.165) is 4.90 Å². The molecular weight excluding hydrogens is 320 g/mol. The standard InChI is InChI=1S/C19H18N2O4/c1-12(22)15-6-4-8-17(10-15)20-19(25)21(14(3)24)18-9-5-7-16(11-18)13(2)23/h4-11H,1-3H3,(H,20,25). The Morgan fingerprint density at radius 2 is 1.36 bits per heavy atom. The van der Waals surface area contributed by atoms with Crippen molar-refractivity contribution < 1.29 is 19.2 Å². The summed E-state index contributed by atoms with van der Waals surface area (Å²) in [6.07, 6.45) is 0. The van der Waals surface area contributed by atoms with Crippen molar-refractivity contribution in [3.63, 3.8) is 0 Å². The number of anilines is 2. The number of hydrogen-bond donors (Lipinski definition) is 1. The van der Waals surface area contributed by atoms with Crippen LogP contribution in [0.15, 0.2) is 48.5 Å². The highest BCUT2D eigenvalue weighted by Crippen LogP contribution is 2.19. The monoisotopic (exact) mass is 338 g/mol. The SMILES string of the molecule is CC(=O)c1cccc(NC(=O)N(C(C)=O)c2cccc(C(C)=O)c2)c1. The first-order valence-corrected chi connectivity index (χ1v) is 7.63. The van der Waals surface area contributed by atoms with E-state index in [0.29, 0.717) is 22.5 Å². The van der Waals surface area contributed by atoms with Gasteiger partial charge >= 0.3 is 6.03 Å². The van der Waals surface area contributed by atoms with Gasteiger partial charge < -0.3 is 5.32 Å². The van der Waals surface area contributed by atoms with Crippen molar-refractivity contribution >= 4 is 34.9 Å². The topological polar surface area (TPSA) is 83.6 Å². The maximum atomic E-state index is 12.5. The molecule has 6 heteroatoms. The molecule has 0 fully saturated rings. The zero-order chi connectivity index (χ0) is 18.6. The van der Waals surface area contributed by atoms with Crippen LogP contribution in [0.1, 0.15) is 41.5 Å². The molecule has 2 aromatic rings. The second-order valence-corrected chi connectivity index (χ2v) is 5.53. The van der Waals surface area contributed by atoms with Crippen LogP contribution >= 0.6 is 0 Å². The number of imide groups is 1. The number of nitrogens with one attached hydrogen (secondary N) is 1. The van der Waals surface area contributed by atoms with Crippen molar-refractivity contribution in [1.29, 1.82) is 0 Å². The lowest BCUT2D eigenvalue weighted by molar-refractivity contribution is -0.115. The molecular formula is C19H18N2O4. The number of Topliss-reactive ketones (excluding diaryl/α,β-unsaturated/α-hetero) is 2. The molecule has 0 aliphatic rings. The number of carbonyl (C=O) groups is 4. The second kappa shape index (κ2) is 7.53. The molecule has 0 saturated carbocycles. The molecule has 6 nitrogen and oxygen atoms in total. The highest BCUT2D eigenvalue weighted by atomic mass is 16.2. The molecule has 0 unspecified atom stereocenters. The summed E-state index contributed by atoms with van der Waals surface area (Å²) in [5.74, 6) is -0.797. The lowest BCUT2D eigenvalue weighted by Gasteiger charge is -2.20. The first kappa shape index (κ1) is 18.1. The molecule has 2 aromatic carbocycles. The molecule has 3 amide bonds. The Bertz CT molecular complexity index is 858. The van der Waals surface area contributed by atoms with Crippen LogP contribution in [-0.2, 0) is 4.79 Å². The molecule has 0 saturated heterocycles. The number of urea groups is 1. The minimum absolute atomic E-state index is 0.131. The summed E-state index contributed by atoms with van der Waals surface area (Å²) < 4.78 is 0. The predicted molar refractivity (Wildman–Crippen MR) is 95.1 cm³/mol. The Morgan fingerprint density at radius 3 is 1.92 bits per heavy atom. The third-order valence-corrected chi connectivity index (χ3v) is 3.55. The molecule has 0 radical (unpaired) electrons. The quantitative estimate of drug-likeness (QED) is 0.862. The fourth-order valence-electron chi connectivity index (χ4n) is 2.30. The second-order valence-electron chi connectivity index (χ2n) is 5.53. The van der Waals surface area contributed by atoms with Crippen molar-refractivity contribution in [2.75, 3.05) is 10.2 Å². The highest BCUT2D eigenvalue weighted by Gasteiger charge is 2.21. The molecule has 0 bridgehead atoms. The van der Waals surface area contributed by atoms with Crippen molar-refractivity contribution in [3.05, 3.63) is 59.7 Å². The van der Waals surface area contributed by atoms with Crippen LogP contribution in [0, 0.1) is 0 Å². The largest absolute Gasteiger partial charge is 0.333 e. The smallest absolute Gasteiger partial charge is 0.307 e. The molecule has 0 aromatic heterocycles. The molecule has 25 heavy (non-hydrogen) atoms. The third-order valence-electron chi connectivity index (χ3n) is 3.55. The number of carbonyl (C=O) groups excluding carboxylic acids is 4. The number of ketones is 2. The summed E-state index contributed by atoms with van der Waals surface area (Å²) >= 11 is 0. The van der Waals surface area contributed by atoms with Crippen LogP contribution in [0.25, 0.3) is 0 Å². The van der Waals surface area contributed by atoms with Gasteiger partial charge in [0.2, 0.25) is 5.91 Å². The van der Waals surface area contributed by atoms with Gasteiger partial charge in [-0.25, -0.2) is 9.69 Å². The minimum atomic E-state index is -0.672. The summed E-state index contributed by atoms with van der Waals surface area (Å²) in [5, 5.41) is 2.59. The van der Waals surface area contributed by atoms with Crippen molar-refractivity contribution in [3.8, 4) is 0 Å². The molecule has 1 N–H and O–H groups in total. The zero-order valence-corrected chi connectivity index (χ0v) is 14.2. The van der Waals surface area contributed by atoms with Crippen molar-refractivity contribution in [1.82, 2.24) is 0 Å². The number of benzene rings is 2. The molecule has 0 atom stereocenters. The Balaban J connectivity index is 2.31. The zero-order valence-electron chi connectivity index (χ0n) is 14.2. The van der Waals surface area contributed by atoms with E-state index in [1.807, 2.05) is 0 Å². The van der Waals surface area contributed by atoms with Gasteiger partial charge in [0.15, 0.2) is 11.6 Å². The number of hydrogen-bond acceptors (Lipinski definition) is 4. The van der Waals surface area contributed by atoms with E-state index in [9.17, 15) is 19.2 Å². The van der Waals surface area contributed by atoms with Crippen LogP contribution in [0.2, 0.25) is 0 Å². The van der Waals surface area contributed by atoms with Crippen LogP contribution in [0.5, 0.6) is 0 Å². The summed E-state index contributed by atoms with van der Waals surface area (Å²) in [7, 11) is 0. The minimum Gasteiger partial charge on any atom is -0.307 e. The maximum Gasteiger partial charge on any atom is 0.333 e. The van der Waals surface area contributed by atoms with Crippen molar-refractivity contribution in [2.24, 2.45) is 0 Å². The van der Waals surface area contributed by atoms with Crippen LogP contribution in [-0.4, -0.2) is 23.5 Å². The van der Waals surface area contributed by atoms with Gasteiger partial charge in [-0.3, -0.25) is 14.4 Å².